The monoisotopic (exact) mass is 405 g/mol. The van der Waals surface area contributed by atoms with Crippen molar-refractivity contribution in [3.05, 3.63) is 58.9 Å². The fraction of sp³-hybridized carbons (Fsp3) is 0.350. The van der Waals surface area contributed by atoms with Crippen LogP contribution in [0.1, 0.15) is 25.0 Å². The van der Waals surface area contributed by atoms with E-state index >= 15 is 0 Å². The van der Waals surface area contributed by atoms with Gasteiger partial charge in [0.1, 0.15) is 5.65 Å². The van der Waals surface area contributed by atoms with Crippen molar-refractivity contribution in [1.82, 2.24) is 14.3 Å². The molecule has 0 fully saturated rings. The molecule has 0 aliphatic rings. The predicted molar refractivity (Wildman–Crippen MR) is 110 cm³/mol. The average Bonchev–Trinajstić information content (AvgIpc) is 2.94. The summed E-state index contributed by atoms with van der Waals surface area (Å²) in [6.45, 7) is 7.22. The molecule has 5 nitrogen and oxygen atoms in total. The van der Waals surface area contributed by atoms with Crippen molar-refractivity contribution in [3.8, 4) is 0 Å². The highest BCUT2D eigenvalue weighted by atomic mass is 35.5. The normalized spacial score (nSPS) is 12.2. The molecule has 7 heteroatoms. The molecule has 0 spiro atoms. The Kier molecular flexibility index (Phi) is 5.89. The molecule has 1 aromatic carbocycles. The van der Waals surface area contributed by atoms with Crippen LogP contribution < -0.4 is 4.72 Å². The molecule has 0 amide bonds. The molecular weight excluding hydrogens is 382 g/mol. The first-order chi connectivity index (χ1) is 12.8. The number of benzene rings is 1. The fourth-order valence-electron chi connectivity index (χ4n) is 3.20. The third kappa shape index (κ3) is 4.34. The van der Waals surface area contributed by atoms with Crippen molar-refractivity contribution >= 4 is 32.7 Å². The Morgan fingerprint density at radius 2 is 2.00 bits per heavy atom. The van der Waals surface area contributed by atoms with Gasteiger partial charge in [0.15, 0.2) is 0 Å². The number of sulfonamides is 1. The summed E-state index contributed by atoms with van der Waals surface area (Å²) >= 11 is 6.06. The first-order valence-electron chi connectivity index (χ1n) is 8.97. The molecule has 0 saturated heterocycles. The zero-order valence-electron chi connectivity index (χ0n) is 15.7. The number of nitrogens with zero attached hydrogens (tertiary/aromatic N) is 2. The van der Waals surface area contributed by atoms with E-state index in [1.807, 2.05) is 12.1 Å². The average molecular weight is 406 g/mol. The summed E-state index contributed by atoms with van der Waals surface area (Å²) < 4.78 is 30.1. The molecule has 0 saturated carbocycles. The maximum atomic E-state index is 12.6. The molecule has 3 aromatic rings. The Morgan fingerprint density at radius 3 is 2.74 bits per heavy atom. The summed E-state index contributed by atoms with van der Waals surface area (Å²) in [6, 6.07) is 8.85. The molecule has 1 N–H and O–H groups in total. The van der Waals surface area contributed by atoms with E-state index in [9.17, 15) is 8.42 Å². The number of hydrogen-bond acceptors (Lipinski definition) is 3. The maximum Gasteiger partial charge on any atom is 0.240 e. The minimum absolute atomic E-state index is 0.221. The zero-order chi connectivity index (χ0) is 19.6. The Bertz CT molecular complexity index is 1060. The highest BCUT2D eigenvalue weighted by molar-refractivity contribution is 7.89. The van der Waals surface area contributed by atoms with E-state index in [-0.39, 0.29) is 4.90 Å². The predicted octanol–water partition coefficient (Wildman–Crippen LogP) is 4.18. The largest absolute Gasteiger partial charge is 0.332 e. The third-order valence-corrected chi connectivity index (χ3v) is 6.49. The first kappa shape index (κ1) is 19.9. The molecule has 27 heavy (non-hydrogen) atoms. The van der Waals surface area contributed by atoms with E-state index in [4.69, 9.17) is 11.6 Å². The summed E-state index contributed by atoms with van der Waals surface area (Å²) in [5.74, 6) is 0.500. The lowest BCUT2D eigenvalue weighted by Gasteiger charge is -2.10. The number of pyridine rings is 1. The maximum absolute atomic E-state index is 12.6. The summed E-state index contributed by atoms with van der Waals surface area (Å²) in [4.78, 5) is 4.71. The van der Waals surface area contributed by atoms with Crippen LogP contribution in [-0.2, 0) is 23.0 Å². The van der Waals surface area contributed by atoms with Crippen LogP contribution in [-0.4, -0.2) is 24.5 Å². The van der Waals surface area contributed by atoms with Crippen LogP contribution in [0.2, 0.25) is 5.02 Å². The first-order valence-corrected chi connectivity index (χ1v) is 10.8. The van der Waals surface area contributed by atoms with E-state index in [1.165, 1.54) is 0 Å². The summed E-state index contributed by atoms with van der Waals surface area (Å²) in [6.07, 6.45) is 4.45. The quantitative estimate of drug-likeness (QED) is 0.641. The van der Waals surface area contributed by atoms with Crippen molar-refractivity contribution in [2.45, 2.75) is 38.6 Å². The van der Waals surface area contributed by atoms with E-state index in [0.29, 0.717) is 29.5 Å². The molecule has 0 aliphatic carbocycles. The third-order valence-electron chi connectivity index (χ3n) is 4.47. The molecule has 144 valence electrons. The molecule has 0 aliphatic heterocycles. The minimum atomic E-state index is -3.61. The van der Waals surface area contributed by atoms with E-state index < -0.39 is 10.0 Å². The van der Waals surface area contributed by atoms with Gasteiger partial charge in [0.05, 0.1) is 4.90 Å². The van der Waals surface area contributed by atoms with Crippen molar-refractivity contribution in [3.63, 3.8) is 0 Å². The Hall–Kier alpha value is -1.89. The van der Waals surface area contributed by atoms with Gasteiger partial charge in [-0.2, -0.15) is 0 Å². The van der Waals surface area contributed by atoms with Crippen molar-refractivity contribution in [2.24, 2.45) is 5.92 Å². The van der Waals surface area contributed by atoms with Gasteiger partial charge >= 0.3 is 0 Å². The lowest BCUT2D eigenvalue weighted by molar-refractivity contribution is 0.532. The lowest BCUT2D eigenvalue weighted by atomic mass is 10.2. The number of rotatable bonds is 7. The number of nitrogens with one attached hydrogen (secondary N) is 1. The highest BCUT2D eigenvalue weighted by Crippen LogP contribution is 2.23. The van der Waals surface area contributed by atoms with Gasteiger partial charge in [-0.15, -0.1) is 0 Å². The van der Waals surface area contributed by atoms with Gasteiger partial charge < -0.3 is 4.57 Å². The van der Waals surface area contributed by atoms with Crippen LogP contribution >= 0.6 is 11.6 Å². The van der Waals surface area contributed by atoms with Crippen LogP contribution in [0.15, 0.2) is 47.6 Å². The SMILES string of the molecule is Cc1c(Cl)cccc1S(=O)(=O)NCCc1cn(CC(C)C)c2ncccc12. The second kappa shape index (κ2) is 8.00. The van der Waals surface area contributed by atoms with Crippen LogP contribution in [0.4, 0.5) is 0 Å². The molecule has 3 rings (SSSR count). The minimum Gasteiger partial charge on any atom is -0.332 e. The Morgan fingerprint density at radius 1 is 1.22 bits per heavy atom. The smallest absolute Gasteiger partial charge is 0.240 e. The lowest BCUT2D eigenvalue weighted by Crippen LogP contribution is -2.26. The Balaban J connectivity index is 1.78. The molecular formula is C20H24ClN3O2S. The van der Waals surface area contributed by atoms with Crippen molar-refractivity contribution in [2.75, 3.05) is 6.54 Å². The highest BCUT2D eigenvalue weighted by Gasteiger charge is 2.18. The summed E-state index contributed by atoms with van der Waals surface area (Å²) in [5.41, 5.74) is 2.59. The zero-order valence-corrected chi connectivity index (χ0v) is 17.3. The molecule has 2 heterocycles. The van der Waals surface area contributed by atoms with E-state index in [1.54, 1.807) is 31.3 Å². The van der Waals surface area contributed by atoms with Crippen molar-refractivity contribution in [1.29, 1.82) is 0 Å². The van der Waals surface area contributed by atoms with Gasteiger partial charge in [0.2, 0.25) is 10.0 Å². The van der Waals surface area contributed by atoms with E-state index in [2.05, 4.69) is 34.3 Å². The molecule has 0 radical (unpaired) electrons. The summed E-state index contributed by atoms with van der Waals surface area (Å²) in [7, 11) is -3.61. The molecule has 0 atom stereocenters. The Labute approximate surface area is 165 Å². The van der Waals surface area contributed by atoms with Gasteiger partial charge in [0, 0.05) is 35.9 Å². The molecule has 2 aromatic heterocycles. The topological polar surface area (TPSA) is 64.0 Å². The van der Waals surface area contributed by atoms with Crippen LogP contribution in [0.25, 0.3) is 11.0 Å². The van der Waals surface area contributed by atoms with Gasteiger partial charge in [0.25, 0.3) is 0 Å². The van der Waals surface area contributed by atoms with Crippen LogP contribution in [0.5, 0.6) is 0 Å². The second-order valence-electron chi connectivity index (χ2n) is 7.09. The van der Waals surface area contributed by atoms with Gasteiger partial charge in [-0.05, 0) is 54.7 Å². The number of fused-ring (bicyclic) bond motifs is 1. The van der Waals surface area contributed by atoms with Gasteiger partial charge in [-0.25, -0.2) is 18.1 Å². The summed E-state index contributed by atoms with van der Waals surface area (Å²) in [5, 5.41) is 1.51. The van der Waals surface area contributed by atoms with Crippen LogP contribution in [0, 0.1) is 12.8 Å². The van der Waals surface area contributed by atoms with Crippen LogP contribution in [0.3, 0.4) is 0 Å². The molecule has 0 bridgehead atoms. The van der Waals surface area contributed by atoms with Gasteiger partial charge in [-0.1, -0.05) is 31.5 Å². The second-order valence-corrected chi connectivity index (χ2v) is 9.23. The van der Waals surface area contributed by atoms with Gasteiger partial charge in [-0.3, -0.25) is 0 Å². The standard InChI is InChI=1S/C20H24ClN3O2S/c1-14(2)12-24-13-16(17-6-5-10-22-20(17)24)9-11-23-27(25,26)19-8-4-7-18(21)15(19)3/h4-8,10,13-14,23H,9,11-12H2,1-3H3. The number of aromatic nitrogens is 2. The van der Waals surface area contributed by atoms with E-state index in [0.717, 1.165) is 23.1 Å². The van der Waals surface area contributed by atoms with Crippen molar-refractivity contribution < 1.29 is 8.42 Å². The molecule has 0 unspecified atom stereocenters. The number of halogens is 1. The fourth-order valence-corrected chi connectivity index (χ4v) is 4.73. The number of hydrogen-bond donors (Lipinski definition) is 1.